The number of ether oxygens (including phenoxy) is 1. The maximum atomic E-state index is 5.29. The Morgan fingerprint density at radius 2 is 2.45 bits per heavy atom. The fourth-order valence-corrected chi connectivity index (χ4v) is 0.704. The predicted molar refractivity (Wildman–Crippen MR) is 44.1 cm³/mol. The second-order valence-electron chi connectivity index (χ2n) is 1.84. The van der Waals surface area contributed by atoms with Crippen molar-refractivity contribution in [3.05, 3.63) is 24.6 Å². The number of rotatable bonds is 1. The Morgan fingerprint density at radius 1 is 1.73 bits per heavy atom. The summed E-state index contributed by atoms with van der Waals surface area (Å²) in [6.45, 7) is 5.26. The van der Waals surface area contributed by atoms with Crippen LogP contribution in [0.5, 0.6) is 0 Å². The molecule has 0 bridgehead atoms. The first kappa shape index (κ1) is 7.53. The van der Waals surface area contributed by atoms with E-state index in [0.717, 1.165) is 0 Å². The van der Waals surface area contributed by atoms with E-state index in [1.165, 1.54) is 6.20 Å². The van der Waals surface area contributed by atoms with Crippen LogP contribution in [0.15, 0.2) is 34.5 Å². The molecule has 1 aliphatic rings. The quantitative estimate of drug-likeness (QED) is 0.601. The van der Waals surface area contributed by atoms with Crippen molar-refractivity contribution in [1.82, 2.24) is 0 Å². The van der Waals surface area contributed by atoms with Gasteiger partial charge < -0.3 is 10.5 Å². The highest BCUT2D eigenvalue weighted by atomic mass is 16.5. The van der Waals surface area contributed by atoms with Gasteiger partial charge in [-0.2, -0.15) is 4.99 Å². The molecule has 1 heterocycles. The number of nitrogens with zero attached hydrogens (tertiary/aromatic N) is 2. The Bertz CT molecular complexity index is 263. The molecule has 11 heavy (non-hydrogen) atoms. The zero-order valence-electron chi connectivity index (χ0n) is 6.24. The summed E-state index contributed by atoms with van der Waals surface area (Å²) in [4.78, 5) is 7.68. The van der Waals surface area contributed by atoms with Crippen molar-refractivity contribution in [2.45, 2.75) is 6.92 Å². The van der Waals surface area contributed by atoms with Crippen molar-refractivity contribution in [1.29, 1.82) is 0 Å². The fraction of sp³-hybridized carbons (Fsp3) is 0.143. The van der Waals surface area contributed by atoms with E-state index in [4.69, 9.17) is 10.5 Å². The molecule has 1 aliphatic heterocycles. The summed E-state index contributed by atoms with van der Waals surface area (Å²) < 4.78 is 4.94. The number of hydrogen-bond donors (Lipinski definition) is 1. The van der Waals surface area contributed by atoms with E-state index in [-0.39, 0.29) is 6.02 Å². The molecule has 0 saturated carbocycles. The van der Waals surface area contributed by atoms with E-state index < -0.39 is 0 Å². The highest BCUT2D eigenvalue weighted by Gasteiger charge is 2.16. The van der Waals surface area contributed by atoms with Gasteiger partial charge in [0.05, 0.1) is 0 Å². The van der Waals surface area contributed by atoms with Gasteiger partial charge in [0, 0.05) is 6.20 Å². The van der Waals surface area contributed by atoms with Crippen LogP contribution in [0, 0.1) is 0 Å². The third-order valence-corrected chi connectivity index (χ3v) is 1.13. The average Bonchev–Trinajstić information content (AvgIpc) is 2.32. The third-order valence-electron chi connectivity index (χ3n) is 1.13. The lowest BCUT2D eigenvalue weighted by Gasteiger charge is -1.93. The Kier molecular flexibility index (Phi) is 2.06. The van der Waals surface area contributed by atoms with Gasteiger partial charge in [0.1, 0.15) is 5.70 Å². The van der Waals surface area contributed by atoms with Crippen LogP contribution in [0.25, 0.3) is 0 Å². The normalized spacial score (nSPS) is 23.5. The van der Waals surface area contributed by atoms with E-state index in [0.29, 0.717) is 11.6 Å². The van der Waals surface area contributed by atoms with Crippen molar-refractivity contribution in [3.63, 3.8) is 0 Å². The SMILES string of the molecule is C=CN=C1OC(N)=N/C1=C/C. The number of aliphatic imine (C=N–C) groups is 2. The molecule has 4 heteroatoms. The van der Waals surface area contributed by atoms with E-state index in [9.17, 15) is 0 Å². The molecule has 0 atom stereocenters. The fourth-order valence-electron chi connectivity index (χ4n) is 0.704. The van der Waals surface area contributed by atoms with Crippen LogP contribution in [0.1, 0.15) is 6.92 Å². The van der Waals surface area contributed by atoms with Crippen molar-refractivity contribution in [3.8, 4) is 0 Å². The molecule has 0 aliphatic carbocycles. The largest absolute Gasteiger partial charge is 0.405 e. The lowest BCUT2D eigenvalue weighted by atomic mass is 10.4. The summed E-state index contributed by atoms with van der Waals surface area (Å²) in [5.74, 6) is 0.403. The van der Waals surface area contributed by atoms with Crippen LogP contribution in [0.4, 0.5) is 0 Å². The van der Waals surface area contributed by atoms with Crippen LogP contribution in [0.2, 0.25) is 0 Å². The summed E-state index contributed by atoms with van der Waals surface area (Å²) in [5, 5.41) is 0. The molecular formula is C7H9N3O. The van der Waals surface area contributed by atoms with Gasteiger partial charge in [0.2, 0.25) is 5.90 Å². The second kappa shape index (κ2) is 3.01. The van der Waals surface area contributed by atoms with Crippen molar-refractivity contribution in [2.75, 3.05) is 0 Å². The average molecular weight is 151 g/mol. The van der Waals surface area contributed by atoms with E-state index in [1.54, 1.807) is 6.08 Å². The summed E-state index contributed by atoms with van der Waals surface area (Å²) in [6.07, 6.45) is 3.15. The van der Waals surface area contributed by atoms with Gasteiger partial charge >= 0.3 is 0 Å². The van der Waals surface area contributed by atoms with Gasteiger partial charge in [-0.15, -0.1) is 0 Å². The van der Waals surface area contributed by atoms with Crippen LogP contribution in [0.3, 0.4) is 0 Å². The molecule has 0 radical (unpaired) electrons. The van der Waals surface area contributed by atoms with E-state index in [2.05, 4.69) is 16.6 Å². The lowest BCUT2D eigenvalue weighted by molar-refractivity contribution is 0.555. The molecule has 0 aromatic heterocycles. The molecular weight excluding hydrogens is 142 g/mol. The molecule has 1 rings (SSSR count). The lowest BCUT2D eigenvalue weighted by Crippen LogP contribution is -2.13. The maximum Gasteiger partial charge on any atom is 0.294 e. The van der Waals surface area contributed by atoms with Crippen LogP contribution in [-0.4, -0.2) is 11.9 Å². The van der Waals surface area contributed by atoms with Crippen LogP contribution < -0.4 is 5.73 Å². The standard InChI is InChI=1S/C7H9N3O/c1-3-5-6(9-4-2)11-7(8)10-5/h3-4H,2H2,1H3,(H2,8,10)/b5-3+,9-6?. The van der Waals surface area contributed by atoms with Crippen LogP contribution >= 0.6 is 0 Å². The highest BCUT2D eigenvalue weighted by Crippen LogP contribution is 2.09. The van der Waals surface area contributed by atoms with Crippen molar-refractivity contribution >= 4 is 11.9 Å². The summed E-state index contributed by atoms with van der Waals surface area (Å²) in [7, 11) is 0. The zero-order chi connectivity index (χ0) is 8.27. The Labute approximate surface area is 64.8 Å². The first-order valence-corrected chi connectivity index (χ1v) is 3.15. The predicted octanol–water partition coefficient (Wildman–Crippen LogP) is 0.777. The first-order chi connectivity index (χ1) is 5.27. The van der Waals surface area contributed by atoms with Gasteiger partial charge in [-0.05, 0) is 6.92 Å². The minimum atomic E-state index is 0.124. The van der Waals surface area contributed by atoms with E-state index in [1.807, 2.05) is 6.92 Å². The van der Waals surface area contributed by atoms with E-state index >= 15 is 0 Å². The number of allylic oxidation sites excluding steroid dienone is 1. The molecule has 4 nitrogen and oxygen atoms in total. The third kappa shape index (κ3) is 1.46. The topological polar surface area (TPSA) is 60.0 Å². The second-order valence-corrected chi connectivity index (χ2v) is 1.84. The zero-order valence-corrected chi connectivity index (χ0v) is 6.24. The minimum absolute atomic E-state index is 0.124. The molecule has 2 N–H and O–H groups in total. The highest BCUT2D eigenvalue weighted by molar-refractivity contribution is 6.06. The van der Waals surface area contributed by atoms with Crippen LogP contribution in [-0.2, 0) is 4.74 Å². The van der Waals surface area contributed by atoms with Gasteiger partial charge in [-0.1, -0.05) is 12.7 Å². The molecule has 0 amide bonds. The first-order valence-electron chi connectivity index (χ1n) is 3.15. The Morgan fingerprint density at radius 3 is 3.00 bits per heavy atom. The molecule has 0 aromatic rings. The maximum absolute atomic E-state index is 5.29. The molecule has 0 spiro atoms. The summed E-state index contributed by atoms with van der Waals surface area (Å²) in [5.41, 5.74) is 5.93. The molecule has 0 aromatic carbocycles. The van der Waals surface area contributed by atoms with Gasteiger partial charge in [0.15, 0.2) is 0 Å². The van der Waals surface area contributed by atoms with Gasteiger partial charge in [-0.25, -0.2) is 4.99 Å². The summed E-state index contributed by atoms with van der Waals surface area (Å²) >= 11 is 0. The molecule has 0 fully saturated rings. The molecule has 58 valence electrons. The van der Waals surface area contributed by atoms with Gasteiger partial charge in [0.25, 0.3) is 6.02 Å². The number of hydrogen-bond acceptors (Lipinski definition) is 4. The Hall–Kier alpha value is -1.58. The summed E-state index contributed by atoms with van der Waals surface area (Å²) in [6, 6.07) is 0.124. The monoisotopic (exact) mass is 151 g/mol. The minimum Gasteiger partial charge on any atom is -0.405 e. The smallest absolute Gasteiger partial charge is 0.294 e. The number of amidine groups is 1. The molecule has 0 unspecified atom stereocenters. The molecule has 0 saturated heterocycles. The number of nitrogens with two attached hydrogens (primary N) is 1. The Balaban J connectivity index is 2.92. The van der Waals surface area contributed by atoms with Gasteiger partial charge in [-0.3, -0.25) is 0 Å². The van der Waals surface area contributed by atoms with Crippen molar-refractivity contribution < 1.29 is 4.74 Å². The van der Waals surface area contributed by atoms with Crippen molar-refractivity contribution in [2.24, 2.45) is 15.7 Å².